The van der Waals surface area contributed by atoms with Crippen LogP contribution in [0.2, 0.25) is 0 Å². The van der Waals surface area contributed by atoms with Gasteiger partial charge >= 0.3 is 0 Å². The van der Waals surface area contributed by atoms with Crippen LogP contribution in [0.4, 0.5) is 5.69 Å². The lowest BCUT2D eigenvalue weighted by Gasteiger charge is -2.40. The molecule has 1 fully saturated rings. The first-order chi connectivity index (χ1) is 12.9. The predicted octanol–water partition coefficient (Wildman–Crippen LogP) is 3.10. The Hall–Kier alpha value is -2.15. The summed E-state index contributed by atoms with van der Waals surface area (Å²) < 4.78 is 7.25. The van der Waals surface area contributed by atoms with E-state index >= 15 is 0 Å². The maximum atomic E-state index is 5.26. The molecule has 1 aliphatic heterocycles. The highest BCUT2D eigenvalue weighted by Gasteiger charge is 2.31. The van der Waals surface area contributed by atoms with Gasteiger partial charge in [-0.3, -0.25) is 4.90 Å². The molecule has 7 heteroatoms. The van der Waals surface area contributed by atoms with Crippen LogP contribution in [0.3, 0.4) is 0 Å². The van der Waals surface area contributed by atoms with E-state index in [1.807, 2.05) is 16.8 Å². The highest BCUT2D eigenvalue weighted by atomic mass is 16.5. The Balaban J connectivity index is 1.71. The van der Waals surface area contributed by atoms with E-state index in [9.17, 15) is 0 Å². The summed E-state index contributed by atoms with van der Waals surface area (Å²) in [4.78, 5) is 4.98. The zero-order valence-corrected chi connectivity index (χ0v) is 17.2. The van der Waals surface area contributed by atoms with E-state index in [4.69, 9.17) is 4.74 Å². The van der Waals surface area contributed by atoms with Crippen LogP contribution in [-0.4, -0.2) is 58.4 Å². The predicted molar refractivity (Wildman–Crippen MR) is 107 cm³/mol. The Labute approximate surface area is 162 Å². The maximum absolute atomic E-state index is 5.26. The van der Waals surface area contributed by atoms with Crippen molar-refractivity contribution in [2.75, 3.05) is 38.2 Å². The topological polar surface area (TPSA) is 59.3 Å². The van der Waals surface area contributed by atoms with E-state index < -0.39 is 0 Å². The van der Waals surface area contributed by atoms with E-state index in [0.717, 1.165) is 50.6 Å². The standard InChI is InChI=1S/C20H32N6O/c1-6-7-18(19-21-22-23-26(19)20(2,3)4)25-14-12-24(13-15-25)16-8-10-17(27-5)11-9-16/h8-11,18H,6-7,12-15H2,1-5H3. The Bertz CT molecular complexity index is 713. The number of anilines is 1. The van der Waals surface area contributed by atoms with Crippen LogP contribution < -0.4 is 9.64 Å². The van der Waals surface area contributed by atoms with Gasteiger partial charge in [-0.25, -0.2) is 4.68 Å². The Morgan fingerprint density at radius 2 is 1.74 bits per heavy atom. The van der Waals surface area contributed by atoms with Crippen LogP contribution in [0, 0.1) is 0 Å². The van der Waals surface area contributed by atoms with Crippen molar-refractivity contribution < 1.29 is 4.74 Å². The Kier molecular flexibility index (Phi) is 5.99. The van der Waals surface area contributed by atoms with Gasteiger partial charge in [-0.1, -0.05) is 13.3 Å². The van der Waals surface area contributed by atoms with Crippen LogP contribution in [0.15, 0.2) is 24.3 Å². The number of rotatable bonds is 6. The summed E-state index contributed by atoms with van der Waals surface area (Å²) in [5.41, 5.74) is 1.14. The van der Waals surface area contributed by atoms with Crippen molar-refractivity contribution in [2.24, 2.45) is 0 Å². The number of tetrazole rings is 1. The lowest BCUT2D eigenvalue weighted by atomic mass is 10.0. The summed E-state index contributed by atoms with van der Waals surface area (Å²) in [7, 11) is 1.70. The minimum atomic E-state index is -0.115. The zero-order chi connectivity index (χ0) is 19.4. The Morgan fingerprint density at radius 1 is 1.07 bits per heavy atom. The molecule has 3 rings (SSSR count). The van der Waals surface area contributed by atoms with Crippen molar-refractivity contribution >= 4 is 5.69 Å². The lowest BCUT2D eigenvalue weighted by molar-refractivity contribution is 0.156. The van der Waals surface area contributed by atoms with Gasteiger partial charge in [0.25, 0.3) is 0 Å². The summed E-state index contributed by atoms with van der Waals surface area (Å²) in [5, 5.41) is 12.7. The third kappa shape index (κ3) is 4.40. The molecular weight excluding hydrogens is 340 g/mol. The summed E-state index contributed by atoms with van der Waals surface area (Å²) in [6.45, 7) is 12.7. The number of hydrogen-bond donors (Lipinski definition) is 0. The molecule has 1 unspecified atom stereocenters. The van der Waals surface area contributed by atoms with E-state index in [1.54, 1.807) is 7.11 Å². The summed E-state index contributed by atoms with van der Waals surface area (Å²) >= 11 is 0. The first kappa shape index (κ1) is 19.6. The molecule has 1 aliphatic rings. The van der Waals surface area contributed by atoms with Gasteiger partial charge in [0.1, 0.15) is 5.75 Å². The average Bonchev–Trinajstić information content (AvgIpc) is 3.16. The monoisotopic (exact) mass is 372 g/mol. The van der Waals surface area contributed by atoms with Crippen molar-refractivity contribution in [3.8, 4) is 5.75 Å². The van der Waals surface area contributed by atoms with Gasteiger partial charge in [-0.2, -0.15) is 0 Å². The molecule has 1 aromatic heterocycles. The largest absolute Gasteiger partial charge is 0.497 e. The van der Waals surface area contributed by atoms with Crippen molar-refractivity contribution in [3.05, 3.63) is 30.1 Å². The molecule has 0 spiro atoms. The summed E-state index contributed by atoms with van der Waals surface area (Å²) in [6.07, 6.45) is 2.18. The van der Waals surface area contributed by atoms with Gasteiger partial charge in [-0.15, -0.1) is 5.10 Å². The molecule has 0 saturated carbocycles. The molecule has 2 aromatic rings. The lowest BCUT2D eigenvalue weighted by Crippen LogP contribution is -2.48. The van der Waals surface area contributed by atoms with Crippen molar-refractivity contribution in [2.45, 2.75) is 52.1 Å². The fourth-order valence-electron chi connectivity index (χ4n) is 3.71. The van der Waals surface area contributed by atoms with Crippen LogP contribution in [0.1, 0.15) is 52.4 Å². The van der Waals surface area contributed by atoms with E-state index in [0.29, 0.717) is 0 Å². The third-order valence-electron chi connectivity index (χ3n) is 5.18. The molecule has 7 nitrogen and oxygen atoms in total. The van der Waals surface area contributed by atoms with Crippen molar-refractivity contribution in [1.29, 1.82) is 0 Å². The normalized spacial score (nSPS) is 17.1. The molecule has 1 aromatic carbocycles. The minimum absolute atomic E-state index is 0.115. The van der Waals surface area contributed by atoms with Crippen molar-refractivity contribution in [3.63, 3.8) is 0 Å². The smallest absolute Gasteiger partial charge is 0.168 e. The van der Waals surface area contributed by atoms with Gasteiger partial charge in [0.2, 0.25) is 0 Å². The van der Waals surface area contributed by atoms with Gasteiger partial charge in [0.05, 0.1) is 18.7 Å². The molecule has 2 heterocycles. The first-order valence-corrected chi connectivity index (χ1v) is 9.86. The van der Waals surface area contributed by atoms with Crippen LogP contribution in [-0.2, 0) is 5.54 Å². The molecule has 1 atom stereocenters. The molecule has 148 valence electrons. The molecule has 1 saturated heterocycles. The molecule has 0 radical (unpaired) electrons. The molecule has 0 N–H and O–H groups in total. The molecule has 0 aliphatic carbocycles. The van der Waals surface area contributed by atoms with Gasteiger partial charge in [-0.05, 0) is 61.9 Å². The third-order valence-corrected chi connectivity index (χ3v) is 5.18. The second-order valence-electron chi connectivity index (χ2n) is 8.15. The second-order valence-corrected chi connectivity index (χ2v) is 8.15. The number of ether oxygens (including phenoxy) is 1. The number of benzene rings is 1. The van der Waals surface area contributed by atoms with E-state index in [2.05, 4.69) is 65.2 Å². The SMILES string of the molecule is CCCC(c1nnnn1C(C)(C)C)N1CCN(c2ccc(OC)cc2)CC1. The number of hydrogen-bond acceptors (Lipinski definition) is 6. The molecule has 0 bridgehead atoms. The van der Waals surface area contributed by atoms with Crippen LogP contribution >= 0.6 is 0 Å². The quantitative estimate of drug-likeness (QED) is 0.777. The Morgan fingerprint density at radius 3 is 2.30 bits per heavy atom. The maximum Gasteiger partial charge on any atom is 0.168 e. The molecular formula is C20H32N6O. The number of piperazine rings is 1. The van der Waals surface area contributed by atoms with Crippen molar-refractivity contribution in [1.82, 2.24) is 25.1 Å². The van der Waals surface area contributed by atoms with Gasteiger partial charge < -0.3 is 9.64 Å². The molecule has 0 amide bonds. The zero-order valence-electron chi connectivity index (χ0n) is 17.2. The number of aromatic nitrogens is 4. The van der Waals surface area contributed by atoms with Crippen LogP contribution in [0.25, 0.3) is 0 Å². The highest BCUT2D eigenvalue weighted by Crippen LogP contribution is 2.29. The van der Waals surface area contributed by atoms with Gasteiger partial charge in [0.15, 0.2) is 5.82 Å². The fourth-order valence-corrected chi connectivity index (χ4v) is 3.71. The average molecular weight is 373 g/mol. The number of methoxy groups -OCH3 is 1. The first-order valence-electron chi connectivity index (χ1n) is 9.86. The van der Waals surface area contributed by atoms with E-state index in [1.165, 1.54) is 5.69 Å². The fraction of sp³-hybridized carbons (Fsp3) is 0.650. The second kappa shape index (κ2) is 8.25. The summed E-state index contributed by atoms with van der Waals surface area (Å²) in [6, 6.07) is 8.59. The summed E-state index contributed by atoms with van der Waals surface area (Å²) in [5.74, 6) is 1.89. The van der Waals surface area contributed by atoms with Gasteiger partial charge in [0, 0.05) is 31.9 Å². The minimum Gasteiger partial charge on any atom is -0.497 e. The highest BCUT2D eigenvalue weighted by molar-refractivity contribution is 5.49. The van der Waals surface area contributed by atoms with E-state index in [-0.39, 0.29) is 11.6 Å². The number of nitrogens with zero attached hydrogens (tertiary/aromatic N) is 6. The van der Waals surface area contributed by atoms with Crippen LogP contribution in [0.5, 0.6) is 5.75 Å². The molecule has 27 heavy (non-hydrogen) atoms.